The van der Waals surface area contributed by atoms with Crippen molar-refractivity contribution < 1.29 is 4.79 Å². The molecule has 0 fully saturated rings. The zero-order chi connectivity index (χ0) is 14.9. The van der Waals surface area contributed by atoms with Gasteiger partial charge in [0.2, 0.25) is 0 Å². The van der Waals surface area contributed by atoms with Crippen LogP contribution in [0.25, 0.3) is 0 Å². The van der Waals surface area contributed by atoms with Crippen LogP contribution in [0.5, 0.6) is 0 Å². The maximum Gasteiger partial charge on any atom is 0.253 e. The molecule has 0 aliphatic carbocycles. The molecule has 1 heterocycles. The second-order valence-corrected chi connectivity index (χ2v) is 4.80. The van der Waals surface area contributed by atoms with E-state index in [4.69, 9.17) is 0 Å². The lowest BCUT2D eigenvalue weighted by atomic mass is 10.1. The van der Waals surface area contributed by atoms with E-state index in [-0.39, 0.29) is 5.91 Å². The van der Waals surface area contributed by atoms with Crippen molar-refractivity contribution in [2.75, 3.05) is 18.4 Å². The fourth-order valence-electron chi connectivity index (χ4n) is 2.16. The molecule has 1 aromatic heterocycles. The molecule has 0 saturated heterocycles. The van der Waals surface area contributed by atoms with Crippen LogP contribution in [0.3, 0.4) is 0 Å². The van der Waals surface area contributed by atoms with E-state index in [1.165, 1.54) is 5.56 Å². The van der Waals surface area contributed by atoms with E-state index in [1.54, 1.807) is 18.5 Å². The van der Waals surface area contributed by atoms with Gasteiger partial charge < -0.3 is 10.6 Å². The number of benzene rings is 1. The molecule has 21 heavy (non-hydrogen) atoms. The van der Waals surface area contributed by atoms with Crippen LogP contribution >= 0.6 is 0 Å². The third-order valence-corrected chi connectivity index (χ3v) is 3.20. The smallest absolute Gasteiger partial charge is 0.253 e. The van der Waals surface area contributed by atoms with Crippen molar-refractivity contribution in [2.24, 2.45) is 0 Å². The van der Waals surface area contributed by atoms with Gasteiger partial charge in [0.25, 0.3) is 5.91 Å². The van der Waals surface area contributed by atoms with E-state index in [1.807, 2.05) is 25.1 Å². The van der Waals surface area contributed by atoms with Gasteiger partial charge in [-0.05, 0) is 31.4 Å². The molecular formula is C17H21N3O. The van der Waals surface area contributed by atoms with Crippen LogP contribution in [0.2, 0.25) is 0 Å². The lowest BCUT2D eigenvalue weighted by Gasteiger charge is -2.10. The van der Waals surface area contributed by atoms with Gasteiger partial charge in [-0.2, -0.15) is 0 Å². The van der Waals surface area contributed by atoms with Gasteiger partial charge in [-0.15, -0.1) is 0 Å². The predicted molar refractivity (Wildman–Crippen MR) is 85.5 cm³/mol. The molecule has 2 N–H and O–H groups in total. The van der Waals surface area contributed by atoms with E-state index in [9.17, 15) is 4.79 Å². The Morgan fingerprint density at radius 3 is 2.76 bits per heavy atom. The standard InChI is InChI=1S/C17H21N3O/c1-2-19-16-13-18-12-10-15(16)17(21)20-11-6-9-14-7-4-3-5-8-14/h3-5,7-8,10,12-13,19H,2,6,9,11H2,1H3,(H,20,21). The van der Waals surface area contributed by atoms with Gasteiger partial charge in [-0.25, -0.2) is 0 Å². The fraction of sp³-hybridized carbons (Fsp3) is 0.294. The van der Waals surface area contributed by atoms with Gasteiger partial charge in [0.1, 0.15) is 0 Å². The molecule has 1 amide bonds. The number of carbonyl (C=O) groups excluding carboxylic acids is 1. The summed E-state index contributed by atoms with van der Waals surface area (Å²) in [6.07, 6.45) is 5.22. The lowest BCUT2D eigenvalue weighted by molar-refractivity contribution is 0.0954. The number of hydrogen-bond donors (Lipinski definition) is 2. The minimum atomic E-state index is -0.0542. The molecule has 0 saturated carbocycles. The van der Waals surface area contributed by atoms with Crippen LogP contribution in [0.15, 0.2) is 48.8 Å². The average molecular weight is 283 g/mol. The maximum atomic E-state index is 12.2. The second kappa shape index (κ2) is 8.04. The Labute approximate surface area is 125 Å². The number of carbonyl (C=O) groups is 1. The number of nitrogens with one attached hydrogen (secondary N) is 2. The summed E-state index contributed by atoms with van der Waals surface area (Å²) >= 11 is 0. The Morgan fingerprint density at radius 1 is 1.19 bits per heavy atom. The van der Waals surface area contributed by atoms with Crippen molar-refractivity contribution in [3.05, 3.63) is 59.9 Å². The molecule has 0 atom stereocenters. The number of aryl methyl sites for hydroxylation is 1. The summed E-state index contributed by atoms with van der Waals surface area (Å²) in [5.74, 6) is -0.0542. The number of rotatable bonds is 7. The highest BCUT2D eigenvalue weighted by atomic mass is 16.1. The van der Waals surface area contributed by atoms with E-state index in [0.717, 1.165) is 25.1 Å². The summed E-state index contributed by atoms with van der Waals surface area (Å²) in [5, 5.41) is 6.11. The first-order chi connectivity index (χ1) is 10.3. The van der Waals surface area contributed by atoms with Gasteiger partial charge in [0.15, 0.2) is 0 Å². The van der Waals surface area contributed by atoms with Crippen LogP contribution in [0.4, 0.5) is 5.69 Å². The topological polar surface area (TPSA) is 54.0 Å². The minimum absolute atomic E-state index is 0.0542. The maximum absolute atomic E-state index is 12.2. The highest BCUT2D eigenvalue weighted by Crippen LogP contribution is 2.12. The molecule has 1 aromatic carbocycles. The van der Waals surface area contributed by atoms with Gasteiger partial charge in [0.05, 0.1) is 17.4 Å². The van der Waals surface area contributed by atoms with E-state index in [0.29, 0.717) is 12.1 Å². The van der Waals surface area contributed by atoms with Crippen LogP contribution in [0, 0.1) is 0 Å². The van der Waals surface area contributed by atoms with Crippen LogP contribution < -0.4 is 10.6 Å². The number of anilines is 1. The summed E-state index contributed by atoms with van der Waals surface area (Å²) in [6, 6.07) is 12.0. The number of aromatic nitrogens is 1. The zero-order valence-electron chi connectivity index (χ0n) is 12.3. The Balaban J connectivity index is 1.82. The summed E-state index contributed by atoms with van der Waals surface area (Å²) in [4.78, 5) is 16.2. The quantitative estimate of drug-likeness (QED) is 0.768. The second-order valence-electron chi connectivity index (χ2n) is 4.80. The SMILES string of the molecule is CCNc1cnccc1C(=O)NCCCc1ccccc1. The van der Waals surface area contributed by atoms with Gasteiger partial charge in [-0.1, -0.05) is 30.3 Å². The van der Waals surface area contributed by atoms with Crippen molar-refractivity contribution in [3.63, 3.8) is 0 Å². The van der Waals surface area contributed by atoms with Crippen LogP contribution in [-0.4, -0.2) is 24.0 Å². The molecule has 0 bridgehead atoms. The Kier molecular flexibility index (Phi) is 5.76. The normalized spacial score (nSPS) is 10.1. The van der Waals surface area contributed by atoms with E-state index < -0.39 is 0 Å². The van der Waals surface area contributed by atoms with Crippen molar-refractivity contribution in [3.8, 4) is 0 Å². The van der Waals surface area contributed by atoms with Gasteiger partial charge >= 0.3 is 0 Å². The highest BCUT2D eigenvalue weighted by molar-refractivity contribution is 5.99. The molecule has 4 nitrogen and oxygen atoms in total. The Hall–Kier alpha value is -2.36. The largest absolute Gasteiger partial charge is 0.383 e. The van der Waals surface area contributed by atoms with Crippen LogP contribution in [0.1, 0.15) is 29.3 Å². The predicted octanol–water partition coefficient (Wildman–Crippen LogP) is 2.88. The molecule has 110 valence electrons. The van der Waals surface area contributed by atoms with Crippen molar-refractivity contribution in [1.29, 1.82) is 0 Å². The van der Waals surface area contributed by atoms with Crippen molar-refractivity contribution in [2.45, 2.75) is 19.8 Å². The first kappa shape index (κ1) is 15.0. The minimum Gasteiger partial charge on any atom is -0.383 e. The van der Waals surface area contributed by atoms with Crippen molar-refractivity contribution >= 4 is 11.6 Å². The Morgan fingerprint density at radius 2 is 2.00 bits per heavy atom. The monoisotopic (exact) mass is 283 g/mol. The van der Waals surface area contributed by atoms with Gasteiger partial charge in [-0.3, -0.25) is 9.78 Å². The number of amides is 1. The summed E-state index contributed by atoms with van der Waals surface area (Å²) in [7, 11) is 0. The third kappa shape index (κ3) is 4.60. The molecule has 0 aliphatic heterocycles. The van der Waals surface area contributed by atoms with Gasteiger partial charge in [0, 0.05) is 19.3 Å². The molecule has 4 heteroatoms. The fourth-order valence-corrected chi connectivity index (χ4v) is 2.16. The van der Waals surface area contributed by atoms with Crippen LogP contribution in [-0.2, 0) is 6.42 Å². The summed E-state index contributed by atoms with van der Waals surface area (Å²) in [5.41, 5.74) is 2.72. The molecule has 0 radical (unpaired) electrons. The molecule has 2 aromatic rings. The summed E-state index contributed by atoms with van der Waals surface area (Å²) in [6.45, 7) is 3.43. The molecule has 0 spiro atoms. The van der Waals surface area contributed by atoms with E-state index >= 15 is 0 Å². The number of pyridine rings is 1. The molecule has 0 unspecified atom stereocenters. The Bertz CT molecular complexity index is 569. The number of nitrogens with zero attached hydrogens (tertiary/aromatic N) is 1. The lowest BCUT2D eigenvalue weighted by Crippen LogP contribution is -2.25. The molecular weight excluding hydrogens is 262 g/mol. The zero-order valence-corrected chi connectivity index (χ0v) is 12.3. The first-order valence-electron chi connectivity index (χ1n) is 7.31. The van der Waals surface area contributed by atoms with Crippen molar-refractivity contribution in [1.82, 2.24) is 10.3 Å². The van der Waals surface area contributed by atoms with E-state index in [2.05, 4.69) is 27.8 Å². The molecule has 2 rings (SSSR count). The number of hydrogen-bond acceptors (Lipinski definition) is 3. The first-order valence-corrected chi connectivity index (χ1v) is 7.31. The molecule has 0 aliphatic rings. The average Bonchev–Trinajstić information content (AvgIpc) is 2.53. The highest BCUT2D eigenvalue weighted by Gasteiger charge is 2.09. The third-order valence-electron chi connectivity index (χ3n) is 3.20. The summed E-state index contributed by atoms with van der Waals surface area (Å²) < 4.78 is 0.